The number of aliphatic hydroxyl groups is 1. The van der Waals surface area contributed by atoms with Crippen molar-refractivity contribution in [3.05, 3.63) is 23.1 Å². The summed E-state index contributed by atoms with van der Waals surface area (Å²) < 4.78 is 12.9. The van der Waals surface area contributed by atoms with Gasteiger partial charge in [0.15, 0.2) is 11.6 Å². The van der Waals surface area contributed by atoms with Gasteiger partial charge in [0, 0.05) is 12.7 Å². The van der Waals surface area contributed by atoms with Gasteiger partial charge >= 0.3 is 0 Å². The Morgan fingerprint density at radius 2 is 2.42 bits per heavy atom. The zero-order chi connectivity index (χ0) is 8.97. The minimum Gasteiger partial charge on any atom is -0.395 e. The predicted molar refractivity (Wildman–Crippen MR) is 44.8 cm³/mol. The van der Waals surface area contributed by atoms with E-state index in [1.54, 1.807) is 0 Å². The molecule has 1 aromatic rings. The number of hydrogen-bond donors (Lipinski definition) is 2. The third-order valence-electron chi connectivity index (χ3n) is 1.21. The largest absolute Gasteiger partial charge is 0.395 e. The van der Waals surface area contributed by atoms with E-state index >= 15 is 0 Å². The molecule has 0 amide bonds. The van der Waals surface area contributed by atoms with Crippen molar-refractivity contribution < 1.29 is 9.50 Å². The normalized spacial score (nSPS) is 9.92. The highest BCUT2D eigenvalue weighted by atomic mass is 35.5. The van der Waals surface area contributed by atoms with Gasteiger partial charge in [0.05, 0.1) is 11.6 Å². The molecule has 1 heterocycles. The van der Waals surface area contributed by atoms with E-state index < -0.39 is 5.82 Å². The van der Waals surface area contributed by atoms with Crippen LogP contribution in [0.25, 0.3) is 0 Å². The van der Waals surface area contributed by atoms with Crippen LogP contribution in [0, 0.1) is 5.82 Å². The van der Waals surface area contributed by atoms with E-state index in [0.717, 1.165) is 6.07 Å². The topological polar surface area (TPSA) is 45.1 Å². The number of aliphatic hydroxyl groups excluding tert-OH is 1. The van der Waals surface area contributed by atoms with E-state index in [9.17, 15) is 4.39 Å². The van der Waals surface area contributed by atoms with Gasteiger partial charge < -0.3 is 10.4 Å². The first-order valence-corrected chi connectivity index (χ1v) is 3.77. The van der Waals surface area contributed by atoms with E-state index in [0.29, 0.717) is 0 Å². The van der Waals surface area contributed by atoms with Gasteiger partial charge in [-0.3, -0.25) is 0 Å². The Morgan fingerprint density at radius 1 is 1.67 bits per heavy atom. The van der Waals surface area contributed by atoms with Crippen molar-refractivity contribution >= 4 is 17.4 Å². The van der Waals surface area contributed by atoms with Gasteiger partial charge in [-0.25, -0.2) is 9.37 Å². The maximum atomic E-state index is 12.9. The average molecular weight is 191 g/mol. The standard InChI is InChI=1S/C7H8ClFN2O/c8-5-3-6(9)7(11-4-5)10-1-2-12/h3-4,12H,1-2H2,(H,10,11). The number of rotatable bonds is 3. The number of hydrogen-bond acceptors (Lipinski definition) is 3. The molecule has 12 heavy (non-hydrogen) atoms. The van der Waals surface area contributed by atoms with Crippen LogP contribution in [0.5, 0.6) is 0 Å². The predicted octanol–water partition coefficient (Wildman–Crippen LogP) is 1.28. The molecule has 3 nitrogen and oxygen atoms in total. The van der Waals surface area contributed by atoms with Crippen LogP contribution in [0.15, 0.2) is 12.3 Å². The molecule has 0 unspecified atom stereocenters. The Balaban J connectivity index is 2.72. The molecule has 0 atom stereocenters. The highest BCUT2D eigenvalue weighted by Crippen LogP contribution is 2.14. The first-order valence-electron chi connectivity index (χ1n) is 3.40. The van der Waals surface area contributed by atoms with Crippen LogP contribution in [-0.4, -0.2) is 23.2 Å². The minimum absolute atomic E-state index is 0.0657. The maximum Gasteiger partial charge on any atom is 0.166 e. The van der Waals surface area contributed by atoms with Crippen LogP contribution in [0.3, 0.4) is 0 Å². The van der Waals surface area contributed by atoms with Gasteiger partial charge in [-0.05, 0) is 6.07 Å². The van der Waals surface area contributed by atoms with Gasteiger partial charge in [0.2, 0.25) is 0 Å². The lowest BCUT2D eigenvalue weighted by Gasteiger charge is -2.03. The number of pyridine rings is 1. The smallest absolute Gasteiger partial charge is 0.166 e. The monoisotopic (exact) mass is 190 g/mol. The second-order valence-electron chi connectivity index (χ2n) is 2.13. The summed E-state index contributed by atoms with van der Waals surface area (Å²) >= 11 is 5.47. The molecule has 0 saturated carbocycles. The molecular weight excluding hydrogens is 183 g/mol. The zero-order valence-electron chi connectivity index (χ0n) is 6.22. The van der Waals surface area contributed by atoms with E-state index in [2.05, 4.69) is 10.3 Å². The fourth-order valence-electron chi connectivity index (χ4n) is 0.719. The third-order valence-corrected chi connectivity index (χ3v) is 1.42. The first kappa shape index (κ1) is 9.22. The van der Waals surface area contributed by atoms with Crippen molar-refractivity contribution in [2.24, 2.45) is 0 Å². The van der Waals surface area contributed by atoms with E-state index in [1.807, 2.05) is 0 Å². The molecule has 0 bridgehead atoms. The van der Waals surface area contributed by atoms with Crippen LogP contribution in [0.2, 0.25) is 5.02 Å². The molecule has 0 aliphatic rings. The molecule has 1 aromatic heterocycles. The molecular formula is C7H8ClFN2O. The molecule has 0 aliphatic heterocycles. The Hall–Kier alpha value is -0.870. The van der Waals surface area contributed by atoms with Crippen LogP contribution in [0.1, 0.15) is 0 Å². The quantitative estimate of drug-likeness (QED) is 0.755. The fraction of sp³-hybridized carbons (Fsp3) is 0.286. The van der Waals surface area contributed by atoms with Gasteiger partial charge in [-0.2, -0.15) is 0 Å². The zero-order valence-corrected chi connectivity index (χ0v) is 6.98. The summed E-state index contributed by atoms with van der Waals surface area (Å²) in [5.41, 5.74) is 0. The van der Waals surface area contributed by atoms with Gasteiger partial charge in [0.1, 0.15) is 0 Å². The van der Waals surface area contributed by atoms with Crippen molar-refractivity contribution in [1.82, 2.24) is 4.98 Å². The number of aromatic nitrogens is 1. The van der Waals surface area contributed by atoms with Crippen molar-refractivity contribution in [3.8, 4) is 0 Å². The second-order valence-corrected chi connectivity index (χ2v) is 2.57. The Kier molecular flexibility index (Phi) is 3.25. The van der Waals surface area contributed by atoms with Gasteiger partial charge in [0.25, 0.3) is 0 Å². The van der Waals surface area contributed by atoms with Gasteiger partial charge in [-0.1, -0.05) is 11.6 Å². The summed E-state index contributed by atoms with van der Waals surface area (Å²) in [6.45, 7) is 0.204. The Morgan fingerprint density at radius 3 is 3.00 bits per heavy atom. The lowest BCUT2D eigenvalue weighted by atomic mass is 10.4. The van der Waals surface area contributed by atoms with Crippen LogP contribution in [0.4, 0.5) is 10.2 Å². The Labute approximate surface area is 74.2 Å². The van der Waals surface area contributed by atoms with Crippen molar-refractivity contribution in [3.63, 3.8) is 0 Å². The van der Waals surface area contributed by atoms with E-state index in [4.69, 9.17) is 16.7 Å². The van der Waals surface area contributed by atoms with Crippen LogP contribution in [-0.2, 0) is 0 Å². The van der Waals surface area contributed by atoms with Crippen molar-refractivity contribution in [1.29, 1.82) is 0 Å². The van der Waals surface area contributed by atoms with Crippen LogP contribution >= 0.6 is 11.6 Å². The summed E-state index contributed by atoms with van der Waals surface area (Å²) in [6, 6.07) is 1.16. The first-order chi connectivity index (χ1) is 5.74. The third kappa shape index (κ3) is 2.32. The molecule has 66 valence electrons. The molecule has 0 aliphatic carbocycles. The maximum absolute atomic E-state index is 12.9. The molecule has 0 saturated heterocycles. The SMILES string of the molecule is OCCNc1ncc(Cl)cc1F. The second kappa shape index (κ2) is 4.23. The van der Waals surface area contributed by atoms with E-state index in [-0.39, 0.29) is 24.0 Å². The molecule has 0 fully saturated rings. The van der Waals surface area contributed by atoms with Crippen molar-refractivity contribution in [2.75, 3.05) is 18.5 Å². The highest BCUT2D eigenvalue weighted by Gasteiger charge is 2.02. The summed E-state index contributed by atoms with van der Waals surface area (Å²) in [5.74, 6) is -0.413. The number of halogens is 2. The number of nitrogens with zero attached hydrogens (tertiary/aromatic N) is 1. The number of anilines is 1. The Bertz CT molecular complexity index is 270. The fourth-order valence-corrected chi connectivity index (χ4v) is 0.864. The summed E-state index contributed by atoms with van der Waals surface area (Å²) in [5, 5.41) is 11.3. The number of nitrogens with one attached hydrogen (secondary N) is 1. The summed E-state index contributed by atoms with van der Waals surface area (Å²) in [4.78, 5) is 3.69. The van der Waals surface area contributed by atoms with Gasteiger partial charge in [-0.15, -0.1) is 0 Å². The summed E-state index contributed by atoms with van der Waals surface area (Å²) in [7, 11) is 0. The molecule has 0 aromatic carbocycles. The lowest BCUT2D eigenvalue weighted by Crippen LogP contribution is -2.08. The van der Waals surface area contributed by atoms with E-state index in [1.165, 1.54) is 6.20 Å². The summed E-state index contributed by atoms with van der Waals surface area (Å²) in [6.07, 6.45) is 1.34. The highest BCUT2D eigenvalue weighted by molar-refractivity contribution is 6.30. The molecule has 2 N–H and O–H groups in total. The molecule has 0 radical (unpaired) electrons. The molecule has 1 rings (SSSR count). The van der Waals surface area contributed by atoms with Crippen molar-refractivity contribution in [2.45, 2.75) is 0 Å². The van der Waals surface area contributed by atoms with Crippen LogP contribution < -0.4 is 5.32 Å². The molecule has 5 heteroatoms. The molecule has 0 spiro atoms. The average Bonchev–Trinajstić information content (AvgIpc) is 2.03. The lowest BCUT2D eigenvalue weighted by molar-refractivity contribution is 0.310. The minimum atomic E-state index is -0.518.